The van der Waals surface area contributed by atoms with Crippen molar-refractivity contribution in [3.63, 3.8) is 0 Å². The van der Waals surface area contributed by atoms with Gasteiger partial charge in [-0.1, -0.05) is 18.5 Å². The van der Waals surface area contributed by atoms with E-state index in [2.05, 4.69) is 10.4 Å². The highest BCUT2D eigenvalue weighted by Crippen LogP contribution is 2.32. The molecule has 0 spiro atoms. The van der Waals surface area contributed by atoms with Crippen molar-refractivity contribution in [1.29, 1.82) is 0 Å². The van der Waals surface area contributed by atoms with E-state index in [4.69, 9.17) is 11.6 Å². The Bertz CT molecular complexity index is 415. The monoisotopic (exact) mass is 311 g/mol. The van der Waals surface area contributed by atoms with Gasteiger partial charge in [-0.05, 0) is 33.2 Å². The highest BCUT2D eigenvalue weighted by atomic mass is 35.5. The minimum absolute atomic E-state index is 0.0400. The molecular formula is C13H21ClF3N3. The quantitative estimate of drug-likeness (QED) is 0.803. The Morgan fingerprint density at radius 2 is 2.05 bits per heavy atom. The van der Waals surface area contributed by atoms with Crippen LogP contribution in [0.5, 0.6) is 0 Å². The summed E-state index contributed by atoms with van der Waals surface area (Å²) in [5.74, 6) is 0. The van der Waals surface area contributed by atoms with Crippen molar-refractivity contribution in [3.05, 3.63) is 16.9 Å². The second kappa shape index (κ2) is 7.31. The molecule has 3 nitrogen and oxygen atoms in total. The first-order chi connectivity index (χ1) is 9.26. The fourth-order valence-electron chi connectivity index (χ4n) is 2.05. The molecule has 0 saturated carbocycles. The minimum atomic E-state index is -4.17. The van der Waals surface area contributed by atoms with Crippen LogP contribution < -0.4 is 5.32 Å². The molecule has 7 heteroatoms. The normalized spacial score (nSPS) is 14.0. The van der Waals surface area contributed by atoms with Crippen LogP contribution in [0.25, 0.3) is 0 Å². The van der Waals surface area contributed by atoms with E-state index in [9.17, 15) is 13.2 Å². The molecule has 1 aromatic rings. The van der Waals surface area contributed by atoms with Gasteiger partial charge in [0.2, 0.25) is 0 Å². The third-order valence-electron chi connectivity index (χ3n) is 2.96. The first kappa shape index (κ1) is 17.3. The van der Waals surface area contributed by atoms with Gasteiger partial charge in [0.25, 0.3) is 0 Å². The van der Waals surface area contributed by atoms with Crippen LogP contribution in [0.4, 0.5) is 13.2 Å². The molecule has 20 heavy (non-hydrogen) atoms. The van der Waals surface area contributed by atoms with E-state index >= 15 is 0 Å². The van der Waals surface area contributed by atoms with Crippen LogP contribution in [0.1, 0.15) is 57.8 Å². The highest BCUT2D eigenvalue weighted by molar-refractivity contribution is 6.31. The van der Waals surface area contributed by atoms with Gasteiger partial charge in [0.15, 0.2) is 0 Å². The molecular weight excluding hydrogens is 291 g/mol. The number of alkyl halides is 3. The highest BCUT2D eigenvalue weighted by Gasteiger charge is 2.30. The van der Waals surface area contributed by atoms with Crippen molar-refractivity contribution in [1.82, 2.24) is 15.1 Å². The average molecular weight is 312 g/mol. The number of nitrogens with one attached hydrogen (secondary N) is 1. The first-order valence-corrected chi connectivity index (χ1v) is 7.17. The van der Waals surface area contributed by atoms with Gasteiger partial charge < -0.3 is 5.32 Å². The Morgan fingerprint density at radius 3 is 2.55 bits per heavy atom. The van der Waals surface area contributed by atoms with Crippen LogP contribution in [0.3, 0.4) is 0 Å². The summed E-state index contributed by atoms with van der Waals surface area (Å²) in [5.41, 5.74) is 0.638. The van der Waals surface area contributed by atoms with Crippen LogP contribution in [-0.2, 0) is 0 Å². The summed E-state index contributed by atoms with van der Waals surface area (Å²) in [6, 6.07) is -0.386. The molecule has 0 aliphatic rings. The minimum Gasteiger partial charge on any atom is -0.309 e. The predicted octanol–water partition coefficient (Wildman–Crippen LogP) is 4.50. The largest absolute Gasteiger partial charge is 0.389 e. The van der Waals surface area contributed by atoms with E-state index < -0.39 is 18.6 Å². The first-order valence-electron chi connectivity index (χ1n) is 6.79. The van der Waals surface area contributed by atoms with Crippen LogP contribution in [0, 0.1) is 0 Å². The van der Waals surface area contributed by atoms with Crippen molar-refractivity contribution in [2.45, 2.75) is 58.3 Å². The molecule has 0 aliphatic carbocycles. The molecule has 0 aromatic carbocycles. The summed E-state index contributed by atoms with van der Waals surface area (Å²) in [5, 5.41) is 7.70. The van der Waals surface area contributed by atoms with Crippen molar-refractivity contribution in [2.24, 2.45) is 0 Å². The van der Waals surface area contributed by atoms with Crippen LogP contribution in [-0.4, -0.2) is 22.5 Å². The SMILES string of the molecule is CCCNC(CCC(F)(F)F)c1c(Cl)cnn1C(C)C. The van der Waals surface area contributed by atoms with Crippen molar-refractivity contribution in [2.75, 3.05) is 6.54 Å². The number of halogens is 4. The van der Waals surface area contributed by atoms with Gasteiger partial charge in [0, 0.05) is 12.5 Å². The number of hydrogen-bond donors (Lipinski definition) is 1. The summed E-state index contributed by atoms with van der Waals surface area (Å²) in [4.78, 5) is 0. The molecule has 1 heterocycles. The summed E-state index contributed by atoms with van der Waals surface area (Å²) >= 11 is 6.11. The van der Waals surface area contributed by atoms with Crippen LogP contribution >= 0.6 is 11.6 Å². The van der Waals surface area contributed by atoms with Crippen molar-refractivity contribution in [3.8, 4) is 0 Å². The summed E-state index contributed by atoms with van der Waals surface area (Å²) < 4.78 is 39.1. The fraction of sp³-hybridized carbons (Fsp3) is 0.769. The Kier molecular flexibility index (Phi) is 6.33. The standard InChI is InChI=1S/C13H21ClF3N3/c1-4-7-18-11(5-6-13(15,16)17)12-10(14)8-19-20(12)9(2)3/h8-9,11,18H,4-7H2,1-3H3. The van der Waals surface area contributed by atoms with E-state index in [0.29, 0.717) is 17.3 Å². The average Bonchev–Trinajstić information content (AvgIpc) is 2.70. The van der Waals surface area contributed by atoms with E-state index in [1.54, 1.807) is 4.68 Å². The Morgan fingerprint density at radius 1 is 1.40 bits per heavy atom. The molecule has 0 aliphatic heterocycles. The summed E-state index contributed by atoms with van der Waals surface area (Å²) in [6.07, 6.45) is -2.71. The topological polar surface area (TPSA) is 29.9 Å². The number of aromatic nitrogens is 2. The molecule has 0 fully saturated rings. The zero-order valence-electron chi connectivity index (χ0n) is 12.0. The third-order valence-corrected chi connectivity index (χ3v) is 3.25. The molecule has 1 aromatic heterocycles. The van der Waals surface area contributed by atoms with E-state index in [0.717, 1.165) is 6.42 Å². The van der Waals surface area contributed by atoms with Gasteiger partial charge in [-0.15, -0.1) is 0 Å². The molecule has 1 unspecified atom stereocenters. The molecule has 0 bridgehead atoms. The lowest BCUT2D eigenvalue weighted by Gasteiger charge is -2.22. The smallest absolute Gasteiger partial charge is 0.309 e. The fourth-order valence-corrected chi connectivity index (χ4v) is 2.31. The lowest BCUT2D eigenvalue weighted by atomic mass is 10.1. The second-order valence-corrected chi connectivity index (χ2v) is 5.48. The third kappa shape index (κ3) is 4.98. The van der Waals surface area contributed by atoms with Gasteiger partial charge >= 0.3 is 6.18 Å². The predicted molar refractivity (Wildman–Crippen MR) is 73.9 cm³/mol. The van der Waals surface area contributed by atoms with Gasteiger partial charge in [-0.25, -0.2) is 0 Å². The molecule has 116 valence electrons. The molecule has 1 N–H and O–H groups in total. The second-order valence-electron chi connectivity index (χ2n) is 5.08. The number of rotatable bonds is 7. The Labute approximate surface area is 122 Å². The lowest BCUT2D eigenvalue weighted by molar-refractivity contribution is -0.136. The van der Waals surface area contributed by atoms with Gasteiger partial charge in [0.1, 0.15) is 0 Å². The Balaban J connectivity index is 2.94. The maximum Gasteiger partial charge on any atom is 0.389 e. The summed E-state index contributed by atoms with van der Waals surface area (Å²) in [6.45, 7) is 6.46. The van der Waals surface area contributed by atoms with Gasteiger partial charge in [-0.2, -0.15) is 18.3 Å². The molecule has 1 rings (SSSR count). The Hall–Kier alpha value is -0.750. The maximum absolute atomic E-state index is 12.5. The van der Waals surface area contributed by atoms with Gasteiger partial charge in [-0.3, -0.25) is 4.68 Å². The number of hydrogen-bond acceptors (Lipinski definition) is 2. The van der Waals surface area contributed by atoms with E-state index in [-0.39, 0.29) is 12.5 Å². The summed E-state index contributed by atoms with van der Waals surface area (Å²) in [7, 11) is 0. The van der Waals surface area contributed by atoms with Crippen LogP contribution in [0.15, 0.2) is 6.20 Å². The zero-order chi connectivity index (χ0) is 15.3. The van der Waals surface area contributed by atoms with Crippen molar-refractivity contribution >= 4 is 11.6 Å². The molecule has 1 atom stereocenters. The zero-order valence-corrected chi connectivity index (χ0v) is 12.7. The van der Waals surface area contributed by atoms with Gasteiger partial charge in [0.05, 0.1) is 23.0 Å². The van der Waals surface area contributed by atoms with Crippen LogP contribution in [0.2, 0.25) is 5.02 Å². The maximum atomic E-state index is 12.5. The van der Waals surface area contributed by atoms with Crippen molar-refractivity contribution < 1.29 is 13.2 Å². The number of nitrogens with zero attached hydrogens (tertiary/aromatic N) is 2. The van der Waals surface area contributed by atoms with E-state index in [1.165, 1.54) is 6.20 Å². The molecule has 0 saturated heterocycles. The lowest BCUT2D eigenvalue weighted by Crippen LogP contribution is -2.27. The van der Waals surface area contributed by atoms with E-state index in [1.807, 2.05) is 20.8 Å². The molecule has 0 radical (unpaired) electrons. The molecule has 0 amide bonds.